The van der Waals surface area contributed by atoms with Crippen LogP contribution in [0.15, 0.2) is 0 Å². The molecule has 0 aliphatic rings. The zero-order valence-corrected chi connectivity index (χ0v) is 9.36. The SMILES string of the molecule is CC(=O)[O-].CC(=O)[O-].CC(=O)[O-].[Mo+3]. The zero-order valence-electron chi connectivity index (χ0n) is 7.36. The van der Waals surface area contributed by atoms with Crippen molar-refractivity contribution in [1.29, 1.82) is 0 Å². The van der Waals surface area contributed by atoms with E-state index in [2.05, 4.69) is 0 Å². The van der Waals surface area contributed by atoms with Crippen LogP contribution in [0.1, 0.15) is 20.8 Å². The molecule has 0 aromatic heterocycles. The van der Waals surface area contributed by atoms with E-state index in [4.69, 9.17) is 29.7 Å². The van der Waals surface area contributed by atoms with Gasteiger partial charge in [0.15, 0.2) is 0 Å². The van der Waals surface area contributed by atoms with E-state index in [0.29, 0.717) is 0 Å². The minimum Gasteiger partial charge on any atom is -0.550 e. The number of carbonyl (C=O) groups is 3. The van der Waals surface area contributed by atoms with E-state index in [0.717, 1.165) is 20.8 Å². The van der Waals surface area contributed by atoms with E-state index in [1.54, 1.807) is 0 Å². The number of hydrogen-bond acceptors (Lipinski definition) is 6. The molecule has 0 spiro atoms. The van der Waals surface area contributed by atoms with Crippen LogP contribution in [0.4, 0.5) is 0 Å². The maximum Gasteiger partial charge on any atom is 3.00 e. The summed E-state index contributed by atoms with van der Waals surface area (Å²) in [5.41, 5.74) is 0. The molecule has 0 saturated heterocycles. The van der Waals surface area contributed by atoms with Gasteiger partial charge in [-0.25, -0.2) is 0 Å². The molecular formula is C6H9MoO6. The van der Waals surface area contributed by atoms with Crippen molar-refractivity contribution < 1.29 is 50.8 Å². The average molecular weight is 273 g/mol. The van der Waals surface area contributed by atoms with E-state index in [1.807, 2.05) is 0 Å². The molecule has 0 heterocycles. The van der Waals surface area contributed by atoms with Crippen LogP contribution in [-0.2, 0) is 35.4 Å². The van der Waals surface area contributed by atoms with Gasteiger partial charge >= 0.3 is 21.1 Å². The number of carboxylic acid groups (broad SMARTS) is 3. The van der Waals surface area contributed by atoms with Gasteiger partial charge in [0.25, 0.3) is 0 Å². The largest absolute Gasteiger partial charge is 3.00 e. The smallest absolute Gasteiger partial charge is 0.550 e. The van der Waals surface area contributed by atoms with Crippen LogP contribution >= 0.6 is 0 Å². The summed E-state index contributed by atoms with van der Waals surface area (Å²) >= 11 is 0. The molecule has 0 saturated carbocycles. The molecule has 75 valence electrons. The van der Waals surface area contributed by atoms with Crippen molar-refractivity contribution in [3.63, 3.8) is 0 Å². The molecule has 6 nitrogen and oxygen atoms in total. The molecule has 13 heavy (non-hydrogen) atoms. The summed E-state index contributed by atoms with van der Waals surface area (Å²) in [5.74, 6) is -3.25. The van der Waals surface area contributed by atoms with Gasteiger partial charge in [-0.05, 0) is 20.8 Å². The third-order valence-electron chi connectivity index (χ3n) is 0. The van der Waals surface area contributed by atoms with Crippen LogP contribution in [0.3, 0.4) is 0 Å². The molecule has 0 aliphatic heterocycles. The standard InChI is InChI=1S/3C2H4O2.Mo/c3*1-2(3)4;/h3*1H3,(H,3,4);/q;;;+3/p-3. The molecule has 0 aromatic carbocycles. The number of carboxylic acids is 3. The first-order valence-electron chi connectivity index (χ1n) is 2.72. The van der Waals surface area contributed by atoms with Crippen molar-refractivity contribution in [2.24, 2.45) is 0 Å². The van der Waals surface area contributed by atoms with E-state index >= 15 is 0 Å². The molecule has 0 fully saturated rings. The van der Waals surface area contributed by atoms with Crippen molar-refractivity contribution in [2.75, 3.05) is 0 Å². The minimum absolute atomic E-state index is 0. The predicted octanol–water partition coefficient (Wildman–Crippen LogP) is -3.73. The second kappa shape index (κ2) is 17.3. The van der Waals surface area contributed by atoms with Gasteiger partial charge in [-0.3, -0.25) is 0 Å². The third-order valence-corrected chi connectivity index (χ3v) is 0. The first-order valence-corrected chi connectivity index (χ1v) is 2.72. The molecular weight excluding hydrogens is 264 g/mol. The maximum absolute atomic E-state index is 8.89. The van der Waals surface area contributed by atoms with E-state index in [-0.39, 0.29) is 21.1 Å². The molecule has 0 atom stereocenters. The van der Waals surface area contributed by atoms with Gasteiger partial charge in [-0.1, -0.05) is 0 Å². The molecule has 0 aliphatic carbocycles. The van der Waals surface area contributed by atoms with Crippen LogP contribution in [-0.4, -0.2) is 17.9 Å². The summed E-state index contributed by atoms with van der Waals surface area (Å²) < 4.78 is 0. The number of aliphatic carboxylic acids is 3. The normalized spacial score (nSPS) is 5.77. The quantitative estimate of drug-likeness (QED) is 0.418. The zero-order chi connectivity index (χ0) is 10.7. The monoisotopic (exact) mass is 275 g/mol. The molecule has 0 aromatic rings. The molecule has 7 heteroatoms. The van der Waals surface area contributed by atoms with Crippen LogP contribution in [0.5, 0.6) is 0 Å². The van der Waals surface area contributed by atoms with Gasteiger partial charge in [0, 0.05) is 17.9 Å². The Balaban J connectivity index is -0.0000000450. The fraction of sp³-hybridized carbons (Fsp3) is 0.500. The van der Waals surface area contributed by atoms with Crippen LogP contribution in [0, 0.1) is 0 Å². The van der Waals surface area contributed by atoms with Gasteiger partial charge in [0.1, 0.15) is 0 Å². The third kappa shape index (κ3) is 1130. The Morgan fingerprint density at radius 2 is 0.692 bits per heavy atom. The average Bonchev–Trinajstić information content (AvgIpc) is 1.54. The van der Waals surface area contributed by atoms with Gasteiger partial charge in [0.05, 0.1) is 0 Å². The number of hydrogen-bond donors (Lipinski definition) is 0. The number of carbonyl (C=O) groups excluding carboxylic acids is 3. The van der Waals surface area contributed by atoms with Gasteiger partial charge in [0.2, 0.25) is 0 Å². The summed E-state index contributed by atoms with van der Waals surface area (Å²) in [6, 6.07) is 0. The van der Waals surface area contributed by atoms with E-state index in [1.165, 1.54) is 0 Å². The Kier molecular flexibility index (Phi) is 30.2. The maximum atomic E-state index is 8.89. The molecule has 0 N–H and O–H groups in total. The fourth-order valence-electron chi connectivity index (χ4n) is 0. The molecule has 0 unspecified atom stereocenters. The predicted molar refractivity (Wildman–Crippen MR) is 32.0 cm³/mol. The van der Waals surface area contributed by atoms with Gasteiger partial charge in [-0.15, -0.1) is 0 Å². The second-order valence-electron chi connectivity index (χ2n) is 1.47. The first kappa shape index (κ1) is 22.7. The molecule has 1 radical (unpaired) electrons. The summed E-state index contributed by atoms with van der Waals surface area (Å²) in [4.78, 5) is 26.7. The Bertz CT molecular complexity index is 115. The van der Waals surface area contributed by atoms with Gasteiger partial charge < -0.3 is 29.7 Å². The molecule has 0 bridgehead atoms. The Hall–Kier alpha value is -0.902. The summed E-state index contributed by atoms with van der Waals surface area (Å²) in [6.45, 7) is 2.92. The summed E-state index contributed by atoms with van der Waals surface area (Å²) in [6.07, 6.45) is 0. The Labute approximate surface area is 89.8 Å². The van der Waals surface area contributed by atoms with Gasteiger partial charge in [-0.2, -0.15) is 0 Å². The second-order valence-corrected chi connectivity index (χ2v) is 1.47. The van der Waals surface area contributed by atoms with Crippen LogP contribution in [0.25, 0.3) is 0 Å². The van der Waals surface area contributed by atoms with Crippen LogP contribution in [0.2, 0.25) is 0 Å². The Morgan fingerprint density at radius 3 is 0.692 bits per heavy atom. The van der Waals surface area contributed by atoms with Crippen molar-refractivity contribution in [3.8, 4) is 0 Å². The van der Waals surface area contributed by atoms with Crippen molar-refractivity contribution >= 4 is 17.9 Å². The summed E-state index contributed by atoms with van der Waals surface area (Å²) in [5, 5.41) is 26.7. The fourth-order valence-corrected chi connectivity index (χ4v) is 0. The molecule has 0 amide bonds. The number of rotatable bonds is 0. The van der Waals surface area contributed by atoms with E-state index in [9.17, 15) is 0 Å². The van der Waals surface area contributed by atoms with Crippen LogP contribution < -0.4 is 15.3 Å². The minimum atomic E-state index is -1.08. The van der Waals surface area contributed by atoms with Crippen molar-refractivity contribution in [3.05, 3.63) is 0 Å². The first-order chi connectivity index (χ1) is 5.20. The Morgan fingerprint density at radius 1 is 0.692 bits per heavy atom. The van der Waals surface area contributed by atoms with E-state index < -0.39 is 17.9 Å². The molecule has 0 rings (SSSR count). The van der Waals surface area contributed by atoms with Crippen molar-refractivity contribution in [1.82, 2.24) is 0 Å². The van der Waals surface area contributed by atoms with Crippen molar-refractivity contribution in [2.45, 2.75) is 20.8 Å². The summed E-state index contributed by atoms with van der Waals surface area (Å²) in [7, 11) is 0. The topological polar surface area (TPSA) is 120 Å².